The van der Waals surface area contributed by atoms with Gasteiger partial charge < -0.3 is 10.5 Å². The van der Waals surface area contributed by atoms with E-state index in [-0.39, 0.29) is 24.0 Å². The number of nitro groups is 1. The van der Waals surface area contributed by atoms with E-state index in [9.17, 15) is 14.9 Å². The van der Waals surface area contributed by atoms with Gasteiger partial charge in [0.1, 0.15) is 5.69 Å². The molecule has 0 fully saturated rings. The fraction of sp³-hybridized carbons (Fsp3) is 0.300. The number of carbonyl (C=O) groups is 1. The van der Waals surface area contributed by atoms with Crippen LogP contribution in [0.1, 0.15) is 12.5 Å². The Kier molecular flexibility index (Phi) is 3.82. The van der Waals surface area contributed by atoms with Crippen LogP contribution in [0.3, 0.4) is 0 Å². The molecular formula is C10H12N2O4. The van der Waals surface area contributed by atoms with Crippen molar-refractivity contribution in [3.63, 3.8) is 0 Å². The van der Waals surface area contributed by atoms with Crippen molar-refractivity contribution >= 4 is 17.3 Å². The molecule has 1 aromatic rings. The van der Waals surface area contributed by atoms with Crippen molar-refractivity contribution in [2.75, 3.05) is 12.3 Å². The van der Waals surface area contributed by atoms with Crippen LogP contribution in [0.4, 0.5) is 11.4 Å². The first-order valence-electron chi connectivity index (χ1n) is 4.67. The number of esters is 1. The van der Waals surface area contributed by atoms with Crippen LogP contribution < -0.4 is 5.73 Å². The minimum atomic E-state index is -0.537. The molecular weight excluding hydrogens is 212 g/mol. The van der Waals surface area contributed by atoms with Gasteiger partial charge in [-0.1, -0.05) is 6.07 Å². The molecule has 0 aliphatic carbocycles. The average molecular weight is 224 g/mol. The number of hydrogen-bond acceptors (Lipinski definition) is 5. The number of nitro benzene ring substituents is 1. The minimum absolute atomic E-state index is 0.125. The van der Waals surface area contributed by atoms with Crippen molar-refractivity contribution in [1.82, 2.24) is 0 Å². The van der Waals surface area contributed by atoms with Crippen molar-refractivity contribution in [2.45, 2.75) is 13.3 Å². The summed E-state index contributed by atoms with van der Waals surface area (Å²) in [6.07, 6.45) is 0.431. The average Bonchev–Trinajstić information content (AvgIpc) is 2.19. The maximum atomic E-state index is 10.6. The summed E-state index contributed by atoms with van der Waals surface area (Å²) in [5.41, 5.74) is 6.15. The topological polar surface area (TPSA) is 95.5 Å². The summed E-state index contributed by atoms with van der Waals surface area (Å²) >= 11 is 0. The number of ether oxygens (including phenoxy) is 1. The fourth-order valence-electron chi connectivity index (χ4n) is 1.22. The van der Waals surface area contributed by atoms with E-state index < -0.39 is 4.92 Å². The zero-order valence-corrected chi connectivity index (χ0v) is 8.80. The summed E-state index contributed by atoms with van der Waals surface area (Å²) in [7, 11) is 0. The first-order valence-corrected chi connectivity index (χ1v) is 4.67. The zero-order valence-electron chi connectivity index (χ0n) is 8.80. The highest BCUT2D eigenvalue weighted by Gasteiger charge is 2.11. The van der Waals surface area contributed by atoms with Crippen LogP contribution in [-0.2, 0) is 16.0 Å². The van der Waals surface area contributed by atoms with Gasteiger partial charge in [0.25, 0.3) is 5.69 Å². The van der Waals surface area contributed by atoms with Crippen LogP contribution in [0.2, 0.25) is 0 Å². The third-order valence-corrected chi connectivity index (χ3v) is 1.99. The first kappa shape index (κ1) is 12.0. The van der Waals surface area contributed by atoms with E-state index in [1.807, 2.05) is 0 Å². The molecule has 6 nitrogen and oxygen atoms in total. The Bertz CT molecular complexity index is 417. The van der Waals surface area contributed by atoms with E-state index in [2.05, 4.69) is 0 Å². The van der Waals surface area contributed by atoms with Crippen LogP contribution in [-0.4, -0.2) is 17.5 Å². The Morgan fingerprint density at radius 3 is 2.81 bits per heavy atom. The highest BCUT2D eigenvalue weighted by molar-refractivity contribution is 5.66. The number of nitrogens with two attached hydrogens (primary N) is 1. The molecule has 1 rings (SSSR count). The second kappa shape index (κ2) is 5.11. The number of rotatable bonds is 4. The van der Waals surface area contributed by atoms with E-state index in [1.54, 1.807) is 6.07 Å². The molecule has 0 aromatic heterocycles. The zero-order chi connectivity index (χ0) is 12.1. The van der Waals surface area contributed by atoms with Gasteiger partial charge >= 0.3 is 5.97 Å². The standard InChI is InChI=1S/C10H12N2O4/c1-7(13)16-5-4-8-2-3-9(11)10(6-8)12(14)15/h2-3,6H,4-5,11H2,1H3. The summed E-state index contributed by atoms with van der Waals surface area (Å²) < 4.78 is 4.74. The van der Waals surface area contributed by atoms with Gasteiger partial charge in [0, 0.05) is 19.4 Å². The van der Waals surface area contributed by atoms with Crippen molar-refractivity contribution in [2.24, 2.45) is 0 Å². The lowest BCUT2D eigenvalue weighted by Gasteiger charge is -2.03. The molecule has 16 heavy (non-hydrogen) atoms. The molecule has 0 atom stereocenters. The Morgan fingerprint density at radius 2 is 2.25 bits per heavy atom. The molecule has 0 radical (unpaired) electrons. The number of nitrogen functional groups attached to an aromatic ring is 1. The van der Waals surface area contributed by atoms with Gasteiger partial charge in [-0.05, 0) is 11.6 Å². The maximum absolute atomic E-state index is 10.6. The second-order valence-electron chi connectivity index (χ2n) is 3.24. The van der Waals surface area contributed by atoms with Gasteiger partial charge in [-0.3, -0.25) is 14.9 Å². The summed E-state index contributed by atoms with van der Waals surface area (Å²) in [5.74, 6) is -0.370. The van der Waals surface area contributed by atoms with Crippen LogP contribution in [0.5, 0.6) is 0 Å². The summed E-state index contributed by atoms with van der Waals surface area (Å²) in [6, 6.07) is 4.53. The van der Waals surface area contributed by atoms with Crippen molar-refractivity contribution < 1.29 is 14.5 Å². The molecule has 0 saturated heterocycles. The number of carbonyl (C=O) groups excluding carboxylic acids is 1. The maximum Gasteiger partial charge on any atom is 0.302 e. The molecule has 0 amide bonds. The lowest BCUT2D eigenvalue weighted by molar-refractivity contribution is -0.384. The summed E-state index contributed by atoms with van der Waals surface area (Å²) in [6.45, 7) is 1.52. The number of benzene rings is 1. The number of nitrogens with zero attached hydrogens (tertiary/aromatic N) is 1. The van der Waals surface area contributed by atoms with E-state index in [4.69, 9.17) is 10.5 Å². The van der Waals surface area contributed by atoms with E-state index in [0.29, 0.717) is 12.0 Å². The Hall–Kier alpha value is -2.11. The van der Waals surface area contributed by atoms with Crippen LogP contribution in [0, 0.1) is 10.1 Å². The molecule has 0 aliphatic rings. The van der Waals surface area contributed by atoms with E-state index >= 15 is 0 Å². The lowest BCUT2D eigenvalue weighted by atomic mass is 10.1. The Balaban J connectivity index is 2.71. The Morgan fingerprint density at radius 1 is 1.56 bits per heavy atom. The summed E-state index contributed by atoms with van der Waals surface area (Å²) in [4.78, 5) is 20.6. The van der Waals surface area contributed by atoms with Gasteiger partial charge in [-0.2, -0.15) is 0 Å². The predicted octanol–water partition coefficient (Wildman–Crippen LogP) is 1.28. The number of anilines is 1. The monoisotopic (exact) mass is 224 g/mol. The molecule has 0 unspecified atom stereocenters. The van der Waals surface area contributed by atoms with Crippen LogP contribution >= 0.6 is 0 Å². The normalized spacial score (nSPS) is 9.81. The third kappa shape index (κ3) is 3.23. The van der Waals surface area contributed by atoms with Gasteiger partial charge in [0.15, 0.2) is 0 Å². The van der Waals surface area contributed by atoms with Gasteiger partial charge in [-0.15, -0.1) is 0 Å². The molecule has 1 aromatic carbocycles. The third-order valence-electron chi connectivity index (χ3n) is 1.99. The van der Waals surface area contributed by atoms with E-state index in [1.165, 1.54) is 19.1 Å². The SMILES string of the molecule is CC(=O)OCCc1ccc(N)c([N+](=O)[O-])c1. The van der Waals surface area contributed by atoms with Crippen molar-refractivity contribution in [3.05, 3.63) is 33.9 Å². The molecule has 6 heteroatoms. The highest BCUT2D eigenvalue weighted by atomic mass is 16.6. The van der Waals surface area contributed by atoms with Crippen molar-refractivity contribution in [1.29, 1.82) is 0 Å². The molecule has 0 bridgehead atoms. The lowest BCUT2D eigenvalue weighted by Crippen LogP contribution is -2.04. The van der Waals surface area contributed by atoms with Crippen LogP contribution in [0.25, 0.3) is 0 Å². The molecule has 0 spiro atoms. The molecule has 86 valence electrons. The molecule has 0 heterocycles. The van der Waals surface area contributed by atoms with Crippen molar-refractivity contribution in [3.8, 4) is 0 Å². The molecule has 0 saturated carbocycles. The quantitative estimate of drug-likeness (QED) is 0.359. The van der Waals surface area contributed by atoms with Gasteiger partial charge in [0.05, 0.1) is 11.5 Å². The highest BCUT2D eigenvalue weighted by Crippen LogP contribution is 2.22. The van der Waals surface area contributed by atoms with E-state index in [0.717, 1.165) is 0 Å². The van der Waals surface area contributed by atoms with Crippen LogP contribution in [0.15, 0.2) is 18.2 Å². The predicted molar refractivity (Wildman–Crippen MR) is 57.8 cm³/mol. The fourth-order valence-corrected chi connectivity index (χ4v) is 1.22. The molecule has 2 N–H and O–H groups in total. The summed E-state index contributed by atoms with van der Waals surface area (Å²) in [5, 5.41) is 10.6. The van der Waals surface area contributed by atoms with Gasteiger partial charge in [0.2, 0.25) is 0 Å². The minimum Gasteiger partial charge on any atom is -0.466 e. The number of hydrogen-bond donors (Lipinski definition) is 1. The first-order chi connectivity index (χ1) is 7.50. The Labute approximate surface area is 92.2 Å². The smallest absolute Gasteiger partial charge is 0.302 e. The molecule has 0 aliphatic heterocycles. The van der Waals surface area contributed by atoms with Gasteiger partial charge in [-0.25, -0.2) is 0 Å². The second-order valence-corrected chi connectivity index (χ2v) is 3.24. The largest absolute Gasteiger partial charge is 0.466 e.